The van der Waals surface area contributed by atoms with E-state index in [1.54, 1.807) is 12.3 Å². The molecular formula is C12H18N4O. The van der Waals surface area contributed by atoms with E-state index in [1.165, 1.54) is 0 Å². The van der Waals surface area contributed by atoms with Gasteiger partial charge in [0.25, 0.3) is 0 Å². The zero-order chi connectivity index (χ0) is 12.1. The maximum atomic E-state index is 11.9. The van der Waals surface area contributed by atoms with Crippen molar-refractivity contribution in [3.8, 4) is 0 Å². The SMILES string of the molecule is CCN1CCN(C(=O)Nc2ccccn2)CC1. The second-order valence-electron chi connectivity index (χ2n) is 4.07. The first-order valence-corrected chi connectivity index (χ1v) is 5.99. The molecule has 2 heterocycles. The molecule has 0 aromatic carbocycles. The Morgan fingerprint density at radius 1 is 1.35 bits per heavy atom. The second kappa shape index (κ2) is 5.63. The van der Waals surface area contributed by atoms with Crippen LogP contribution in [0.4, 0.5) is 10.6 Å². The van der Waals surface area contributed by atoms with Crippen molar-refractivity contribution in [3.05, 3.63) is 24.4 Å². The molecule has 1 N–H and O–H groups in total. The van der Waals surface area contributed by atoms with Crippen LogP contribution in [0.2, 0.25) is 0 Å². The molecule has 0 aliphatic carbocycles. The smallest absolute Gasteiger partial charge is 0.322 e. The van der Waals surface area contributed by atoms with Crippen LogP contribution in [0.25, 0.3) is 0 Å². The maximum Gasteiger partial charge on any atom is 0.323 e. The number of aromatic nitrogens is 1. The lowest BCUT2D eigenvalue weighted by atomic mass is 10.3. The van der Waals surface area contributed by atoms with Gasteiger partial charge in [0.15, 0.2) is 0 Å². The number of pyridine rings is 1. The lowest BCUT2D eigenvalue weighted by Gasteiger charge is -2.33. The summed E-state index contributed by atoms with van der Waals surface area (Å²) in [4.78, 5) is 20.2. The monoisotopic (exact) mass is 234 g/mol. The van der Waals surface area contributed by atoms with Crippen LogP contribution in [0.5, 0.6) is 0 Å². The molecule has 5 nitrogen and oxygen atoms in total. The number of nitrogens with zero attached hydrogens (tertiary/aromatic N) is 3. The van der Waals surface area contributed by atoms with E-state index in [2.05, 4.69) is 22.1 Å². The molecule has 17 heavy (non-hydrogen) atoms. The molecule has 0 spiro atoms. The van der Waals surface area contributed by atoms with Gasteiger partial charge < -0.3 is 9.80 Å². The lowest BCUT2D eigenvalue weighted by molar-refractivity contribution is 0.151. The van der Waals surface area contributed by atoms with Crippen LogP contribution in [-0.4, -0.2) is 53.5 Å². The van der Waals surface area contributed by atoms with Gasteiger partial charge in [0.1, 0.15) is 5.82 Å². The van der Waals surface area contributed by atoms with Gasteiger partial charge >= 0.3 is 6.03 Å². The molecule has 1 aromatic rings. The number of carbonyl (C=O) groups is 1. The van der Waals surface area contributed by atoms with Crippen molar-refractivity contribution in [2.24, 2.45) is 0 Å². The fraction of sp³-hybridized carbons (Fsp3) is 0.500. The number of nitrogens with one attached hydrogen (secondary N) is 1. The normalized spacial score (nSPS) is 16.9. The number of piperazine rings is 1. The number of likely N-dealkylation sites (N-methyl/N-ethyl adjacent to an activating group) is 1. The molecule has 2 rings (SSSR count). The Morgan fingerprint density at radius 3 is 2.71 bits per heavy atom. The van der Waals surface area contributed by atoms with Gasteiger partial charge in [0.05, 0.1) is 0 Å². The molecule has 1 aromatic heterocycles. The van der Waals surface area contributed by atoms with E-state index in [4.69, 9.17) is 0 Å². The highest BCUT2D eigenvalue weighted by Crippen LogP contribution is 2.05. The van der Waals surface area contributed by atoms with E-state index in [0.717, 1.165) is 32.7 Å². The molecule has 2 amide bonds. The minimum atomic E-state index is -0.0561. The van der Waals surface area contributed by atoms with Crippen molar-refractivity contribution in [1.29, 1.82) is 0 Å². The van der Waals surface area contributed by atoms with Crippen LogP contribution in [0.1, 0.15) is 6.92 Å². The van der Waals surface area contributed by atoms with E-state index in [1.807, 2.05) is 17.0 Å². The fourth-order valence-corrected chi connectivity index (χ4v) is 1.89. The summed E-state index contributed by atoms with van der Waals surface area (Å²) in [6.07, 6.45) is 1.67. The van der Waals surface area contributed by atoms with E-state index < -0.39 is 0 Å². The van der Waals surface area contributed by atoms with Gasteiger partial charge in [-0.3, -0.25) is 5.32 Å². The number of anilines is 1. The van der Waals surface area contributed by atoms with Gasteiger partial charge in [-0.1, -0.05) is 13.0 Å². The molecule has 1 aliphatic heterocycles. The zero-order valence-electron chi connectivity index (χ0n) is 10.1. The third-order valence-electron chi connectivity index (χ3n) is 3.01. The van der Waals surface area contributed by atoms with Gasteiger partial charge in [-0.05, 0) is 18.7 Å². The minimum absolute atomic E-state index is 0.0561. The predicted molar refractivity (Wildman–Crippen MR) is 66.9 cm³/mol. The predicted octanol–water partition coefficient (Wildman–Crippen LogP) is 1.25. The molecule has 1 aliphatic rings. The van der Waals surface area contributed by atoms with E-state index in [-0.39, 0.29) is 6.03 Å². The molecule has 0 saturated carbocycles. The summed E-state index contributed by atoms with van der Waals surface area (Å²) in [6.45, 7) is 6.66. The number of carbonyl (C=O) groups excluding carboxylic acids is 1. The van der Waals surface area contributed by atoms with Crippen LogP contribution >= 0.6 is 0 Å². The van der Waals surface area contributed by atoms with Crippen molar-refractivity contribution < 1.29 is 4.79 Å². The van der Waals surface area contributed by atoms with Crippen molar-refractivity contribution in [3.63, 3.8) is 0 Å². The summed E-state index contributed by atoms with van der Waals surface area (Å²) in [5.41, 5.74) is 0. The van der Waals surface area contributed by atoms with Crippen molar-refractivity contribution in [2.45, 2.75) is 6.92 Å². The van der Waals surface area contributed by atoms with Crippen molar-refractivity contribution >= 4 is 11.8 Å². The fourth-order valence-electron chi connectivity index (χ4n) is 1.89. The maximum absolute atomic E-state index is 11.9. The summed E-state index contributed by atoms with van der Waals surface area (Å²) >= 11 is 0. The first kappa shape index (κ1) is 11.9. The summed E-state index contributed by atoms with van der Waals surface area (Å²) in [6, 6.07) is 5.42. The highest BCUT2D eigenvalue weighted by molar-refractivity contribution is 5.88. The molecule has 0 unspecified atom stereocenters. The van der Waals surface area contributed by atoms with Crippen molar-refractivity contribution in [1.82, 2.24) is 14.8 Å². The first-order chi connectivity index (χ1) is 8.29. The van der Waals surface area contributed by atoms with Gasteiger partial charge in [-0.2, -0.15) is 0 Å². The van der Waals surface area contributed by atoms with E-state index in [9.17, 15) is 4.79 Å². The molecular weight excluding hydrogens is 216 g/mol. The topological polar surface area (TPSA) is 48.5 Å². The molecule has 1 saturated heterocycles. The second-order valence-corrected chi connectivity index (χ2v) is 4.07. The molecule has 5 heteroatoms. The largest absolute Gasteiger partial charge is 0.323 e. The van der Waals surface area contributed by atoms with Crippen LogP contribution in [0, 0.1) is 0 Å². The molecule has 0 radical (unpaired) electrons. The zero-order valence-corrected chi connectivity index (χ0v) is 10.1. The average Bonchev–Trinajstić information content (AvgIpc) is 2.40. The van der Waals surface area contributed by atoms with Crippen molar-refractivity contribution in [2.75, 3.05) is 38.0 Å². The number of hydrogen-bond acceptors (Lipinski definition) is 3. The Kier molecular flexibility index (Phi) is 3.93. The summed E-state index contributed by atoms with van der Waals surface area (Å²) < 4.78 is 0. The Hall–Kier alpha value is -1.62. The number of hydrogen-bond donors (Lipinski definition) is 1. The molecule has 92 valence electrons. The van der Waals surface area contributed by atoms with Gasteiger partial charge in [0, 0.05) is 32.4 Å². The summed E-state index contributed by atoms with van der Waals surface area (Å²) in [5.74, 6) is 0.607. The third-order valence-corrected chi connectivity index (χ3v) is 3.01. The minimum Gasteiger partial charge on any atom is -0.322 e. The molecule has 0 bridgehead atoms. The van der Waals surface area contributed by atoms with Gasteiger partial charge in [0.2, 0.25) is 0 Å². The number of rotatable bonds is 2. The van der Waals surface area contributed by atoms with Gasteiger partial charge in [-0.15, -0.1) is 0 Å². The third kappa shape index (κ3) is 3.17. The van der Waals surface area contributed by atoms with Gasteiger partial charge in [-0.25, -0.2) is 9.78 Å². The highest BCUT2D eigenvalue weighted by Gasteiger charge is 2.19. The average molecular weight is 234 g/mol. The van der Waals surface area contributed by atoms with Crippen LogP contribution < -0.4 is 5.32 Å². The quantitative estimate of drug-likeness (QED) is 0.838. The lowest BCUT2D eigenvalue weighted by Crippen LogP contribution is -2.49. The Morgan fingerprint density at radius 2 is 2.12 bits per heavy atom. The Bertz CT molecular complexity index is 360. The molecule has 1 fully saturated rings. The highest BCUT2D eigenvalue weighted by atomic mass is 16.2. The Labute approximate surface area is 101 Å². The van der Waals surface area contributed by atoms with Crippen LogP contribution in [0.15, 0.2) is 24.4 Å². The number of urea groups is 1. The standard InChI is InChI=1S/C12H18N4O/c1-2-15-7-9-16(10-8-15)12(17)14-11-5-3-4-6-13-11/h3-6H,2,7-10H2,1H3,(H,13,14,17). The number of amides is 2. The van der Waals surface area contributed by atoms with Crippen LogP contribution in [-0.2, 0) is 0 Å². The first-order valence-electron chi connectivity index (χ1n) is 5.99. The summed E-state index contributed by atoms with van der Waals surface area (Å²) in [7, 11) is 0. The van der Waals surface area contributed by atoms with E-state index >= 15 is 0 Å². The van der Waals surface area contributed by atoms with E-state index in [0.29, 0.717) is 5.82 Å². The summed E-state index contributed by atoms with van der Waals surface area (Å²) in [5, 5.41) is 2.80. The Balaban J connectivity index is 1.85. The molecule has 0 atom stereocenters. The van der Waals surface area contributed by atoms with Crippen LogP contribution in [0.3, 0.4) is 0 Å².